The van der Waals surface area contributed by atoms with Crippen molar-refractivity contribution >= 4 is 5.91 Å². The number of amides is 1. The highest BCUT2D eigenvalue weighted by atomic mass is 19.3. The summed E-state index contributed by atoms with van der Waals surface area (Å²) >= 11 is 0. The van der Waals surface area contributed by atoms with E-state index in [2.05, 4.69) is 0 Å². The second-order valence-corrected chi connectivity index (χ2v) is 5.51. The highest BCUT2D eigenvalue weighted by Gasteiger charge is 2.24. The second-order valence-electron chi connectivity index (χ2n) is 5.51. The molecule has 0 aliphatic carbocycles. The Morgan fingerprint density at radius 1 is 1.08 bits per heavy atom. The van der Waals surface area contributed by atoms with Crippen LogP contribution in [0.2, 0.25) is 0 Å². The van der Waals surface area contributed by atoms with E-state index >= 15 is 0 Å². The topological polar surface area (TPSA) is 42.0 Å². The van der Waals surface area contributed by atoms with Gasteiger partial charge in [0.1, 0.15) is 0 Å². The first-order valence-corrected chi connectivity index (χ1v) is 8.24. The van der Waals surface area contributed by atoms with Crippen molar-refractivity contribution < 1.29 is 23.0 Å². The first kappa shape index (κ1) is 18.4. The van der Waals surface area contributed by atoms with Crippen LogP contribution in [0, 0.1) is 0 Å². The number of carbonyl (C=O) groups excluding carboxylic acids is 1. The van der Waals surface area contributed by atoms with Crippen LogP contribution in [0.4, 0.5) is 8.78 Å². The molecule has 2 rings (SSSR count). The molecule has 24 heavy (non-hydrogen) atoms. The van der Waals surface area contributed by atoms with Gasteiger partial charge in [-0.15, -0.1) is 0 Å². The average molecular weight is 342 g/mol. The van der Waals surface area contributed by atoms with Crippen LogP contribution in [0.5, 0.6) is 11.5 Å². The fourth-order valence-electron chi connectivity index (χ4n) is 2.70. The third-order valence-electron chi connectivity index (χ3n) is 3.85. The molecule has 7 heteroatoms. The molecule has 1 aliphatic heterocycles. The van der Waals surface area contributed by atoms with E-state index in [1.807, 2.05) is 13.8 Å². The van der Waals surface area contributed by atoms with Crippen LogP contribution >= 0.6 is 0 Å². The van der Waals surface area contributed by atoms with E-state index in [0.717, 1.165) is 0 Å². The number of nitrogens with zero attached hydrogens (tertiary/aromatic N) is 2. The van der Waals surface area contributed by atoms with Crippen LogP contribution in [0.25, 0.3) is 0 Å². The van der Waals surface area contributed by atoms with Crippen molar-refractivity contribution in [3.05, 3.63) is 23.8 Å². The fourth-order valence-corrected chi connectivity index (χ4v) is 2.70. The third kappa shape index (κ3) is 4.80. The van der Waals surface area contributed by atoms with Gasteiger partial charge in [0.25, 0.3) is 12.3 Å². The van der Waals surface area contributed by atoms with Gasteiger partial charge >= 0.3 is 0 Å². The van der Waals surface area contributed by atoms with Gasteiger partial charge in [0, 0.05) is 31.7 Å². The zero-order valence-electron chi connectivity index (χ0n) is 14.1. The van der Waals surface area contributed by atoms with Crippen molar-refractivity contribution in [1.29, 1.82) is 0 Å². The molecule has 0 atom stereocenters. The summed E-state index contributed by atoms with van der Waals surface area (Å²) in [5.41, 5.74) is 0.518. The summed E-state index contributed by atoms with van der Waals surface area (Å²) in [6.07, 6.45) is -2.34. The average Bonchev–Trinajstić information content (AvgIpc) is 2.56. The molecule has 0 unspecified atom stereocenters. The minimum Gasteiger partial charge on any atom is -0.490 e. The SMILES string of the molecule is CCOc1ccc(C(=O)N2CCN(CC(F)F)CC2)cc1OCC. The van der Waals surface area contributed by atoms with Gasteiger partial charge < -0.3 is 14.4 Å². The number of alkyl halides is 2. The summed E-state index contributed by atoms with van der Waals surface area (Å²) in [6.45, 7) is 6.32. The molecular formula is C17H24F2N2O3. The number of benzene rings is 1. The maximum absolute atomic E-state index is 12.6. The summed E-state index contributed by atoms with van der Waals surface area (Å²) < 4.78 is 35.9. The Hall–Kier alpha value is -1.89. The molecule has 0 aromatic heterocycles. The normalized spacial score (nSPS) is 15.6. The molecule has 0 bridgehead atoms. The highest BCUT2D eigenvalue weighted by Crippen LogP contribution is 2.29. The fraction of sp³-hybridized carbons (Fsp3) is 0.588. The van der Waals surface area contributed by atoms with E-state index in [1.165, 1.54) is 0 Å². The summed E-state index contributed by atoms with van der Waals surface area (Å²) in [6, 6.07) is 5.12. The van der Waals surface area contributed by atoms with E-state index in [4.69, 9.17) is 9.47 Å². The van der Waals surface area contributed by atoms with Gasteiger partial charge in [0.2, 0.25) is 0 Å². The maximum atomic E-state index is 12.6. The lowest BCUT2D eigenvalue weighted by molar-refractivity contribution is 0.0458. The predicted molar refractivity (Wildman–Crippen MR) is 87.1 cm³/mol. The summed E-state index contributed by atoms with van der Waals surface area (Å²) in [5, 5.41) is 0. The largest absolute Gasteiger partial charge is 0.490 e. The molecule has 0 N–H and O–H groups in total. The highest BCUT2D eigenvalue weighted by molar-refractivity contribution is 5.95. The van der Waals surface area contributed by atoms with Crippen LogP contribution in [0.3, 0.4) is 0 Å². The number of hydrogen-bond donors (Lipinski definition) is 0. The molecule has 0 spiro atoms. The summed E-state index contributed by atoms with van der Waals surface area (Å²) in [4.78, 5) is 16.0. The molecule has 5 nitrogen and oxygen atoms in total. The van der Waals surface area contributed by atoms with Crippen molar-refractivity contribution in [3.63, 3.8) is 0 Å². The van der Waals surface area contributed by atoms with Crippen molar-refractivity contribution in [2.75, 3.05) is 45.9 Å². The molecule has 1 saturated heterocycles. The Balaban J connectivity index is 2.03. The maximum Gasteiger partial charge on any atom is 0.254 e. The van der Waals surface area contributed by atoms with Crippen molar-refractivity contribution in [2.24, 2.45) is 0 Å². The third-order valence-corrected chi connectivity index (χ3v) is 3.85. The van der Waals surface area contributed by atoms with Gasteiger partial charge in [-0.2, -0.15) is 0 Å². The Kier molecular flexibility index (Phi) is 6.78. The minimum absolute atomic E-state index is 0.115. The van der Waals surface area contributed by atoms with Gasteiger partial charge in [-0.1, -0.05) is 0 Å². The van der Waals surface area contributed by atoms with Crippen molar-refractivity contribution in [1.82, 2.24) is 9.80 Å². The number of hydrogen-bond acceptors (Lipinski definition) is 4. The summed E-state index contributed by atoms with van der Waals surface area (Å²) in [7, 11) is 0. The van der Waals surface area contributed by atoms with Gasteiger partial charge in [-0.25, -0.2) is 8.78 Å². The Morgan fingerprint density at radius 3 is 2.29 bits per heavy atom. The molecule has 1 heterocycles. The number of rotatable bonds is 7. The molecule has 0 saturated carbocycles. The van der Waals surface area contributed by atoms with E-state index in [0.29, 0.717) is 56.5 Å². The van der Waals surface area contributed by atoms with E-state index in [1.54, 1.807) is 28.0 Å². The predicted octanol–water partition coefficient (Wildman–Crippen LogP) is 2.51. The molecule has 134 valence electrons. The van der Waals surface area contributed by atoms with Gasteiger partial charge in [-0.3, -0.25) is 9.69 Å². The second kappa shape index (κ2) is 8.82. The Morgan fingerprint density at radius 2 is 1.71 bits per heavy atom. The van der Waals surface area contributed by atoms with Gasteiger partial charge in [-0.05, 0) is 32.0 Å². The zero-order valence-corrected chi connectivity index (χ0v) is 14.1. The standard InChI is InChI=1S/C17H24F2N2O3/c1-3-23-14-6-5-13(11-15(14)24-4-2)17(22)21-9-7-20(8-10-21)12-16(18)19/h5-6,11,16H,3-4,7-10,12H2,1-2H3. The number of carbonyl (C=O) groups is 1. The lowest BCUT2D eigenvalue weighted by Crippen LogP contribution is -2.49. The molecule has 1 aromatic rings. The lowest BCUT2D eigenvalue weighted by Gasteiger charge is -2.34. The molecule has 1 amide bonds. The van der Waals surface area contributed by atoms with E-state index in [9.17, 15) is 13.6 Å². The summed E-state index contributed by atoms with van der Waals surface area (Å²) in [5.74, 6) is 1.04. The number of halogens is 2. The lowest BCUT2D eigenvalue weighted by atomic mass is 10.1. The van der Waals surface area contributed by atoms with Crippen LogP contribution in [-0.2, 0) is 0 Å². The van der Waals surface area contributed by atoms with Crippen LogP contribution in [-0.4, -0.2) is 68.1 Å². The van der Waals surface area contributed by atoms with Crippen molar-refractivity contribution in [2.45, 2.75) is 20.3 Å². The molecular weight excluding hydrogens is 318 g/mol. The molecule has 0 radical (unpaired) electrons. The quantitative estimate of drug-likeness (QED) is 0.764. The first-order valence-electron chi connectivity index (χ1n) is 8.24. The zero-order chi connectivity index (χ0) is 17.5. The molecule has 1 fully saturated rings. The van der Waals surface area contributed by atoms with Gasteiger partial charge in [0.15, 0.2) is 11.5 Å². The Labute approximate surface area is 141 Å². The number of piperazine rings is 1. The van der Waals surface area contributed by atoms with Crippen LogP contribution in [0.15, 0.2) is 18.2 Å². The monoisotopic (exact) mass is 342 g/mol. The van der Waals surface area contributed by atoms with Crippen LogP contribution < -0.4 is 9.47 Å². The minimum atomic E-state index is -2.34. The van der Waals surface area contributed by atoms with E-state index in [-0.39, 0.29) is 12.5 Å². The van der Waals surface area contributed by atoms with E-state index < -0.39 is 6.43 Å². The van der Waals surface area contributed by atoms with Crippen LogP contribution in [0.1, 0.15) is 24.2 Å². The molecule has 1 aliphatic rings. The number of ether oxygens (including phenoxy) is 2. The Bertz CT molecular complexity index is 547. The van der Waals surface area contributed by atoms with Crippen molar-refractivity contribution in [3.8, 4) is 11.5 Å². The smallest absolute Gasteiger partial charge is 0.254 e. The molecule has 1 aromatic carbocycles. The van der Waals surface area contributed by atoms with Gasteiger partial charge in [0.05, 0.1) is 19.8 Å². The first-order chi connectivity index (χ1) is 11.5.